The summed E-state index contributed by atoms with van der Waals surface area (Å²) in [6.45, 7) is 3.47. The molecule has 0 aliphatic carbocycles. The van der Waals surface area contributed by atoms with Gasteiger partial charge < -0.3 is 5.11 Å². The maximum absolute atomic E-state index is 12.6. The van der Waals surface area contributed by atoms with Crippen LogP contribution in [0.15, 0.2) is 30.3 Å². The topological polar surface area (TPSA) is 74.7 Å². The maximum atomic E-state index is 12.6. The van der Waals surface area contributed by atoms with E-state index in [2.05, 4.69) is 0 Å². The third-order valence-electron chi connectivity index (χ3n) is 3.90. The van der Waals surface area contributed by atoms with Gasteiger partial charge in [0.05, 0.1) is 5.92 Å². The lowest BCUT2D eigenvalue weighted by Crippen LogP contribution is -2.48. The molecule has 1 heterocycles. The van der Waals surface area contributed by atoms with Gasteiger partial charge >= 0.3 is 5.97 Å². The van der Waals surface area contributed by atoms with Gasteiger partial charge in [0.2, 0.25) is 11.8 Å². The Balaban J connectivity index is 2.20. The molecule has 1 aromatic carbocycles. The summed E-state index contributed by atoms with van der Waals surface area (Å²) in [7, 11) is 0. The quantitative estimate of drug-likeness (QED) is 0.843. The predicted molar refractivity (Wildman–Crippen MR) is 76.6 cm³/mol. The Morgan fingerprint density at radius 1 is 1.29 bits per heavy atom. The van der Waals surface area contributed by atoms with Crippen molar-refractivity contribution in [1.29, 1.82) is 0 Å². The Labute approximate surface area is 123 Å². The zero-order valence-electron chi connectivity index (χ0n) is 12.2. The van der Waals surface area contributed by atoms with Crippen molar-refractivity contribution in [3.63, 3.8) is 0 Å². The van der Waals surface area contributed by atoms with E-state index < -0.39 is 17.4 Å². The number of imide groups is 1. The highest BCUT2D eigenvalue weighted by Gasteiger charge is 2.46. The number of carbonyl (C=O) groups is 3. The van der Waals surface area contributed by atoms with Crippen molar-refractivity contribution in [3.05, 3.63) is 35.9 Å². The molecule has 2 rings (SSSR count). The number of hydrogen-bond donors (Lipinski definition) is 1. The van der Waals surface area contributed by atoms with Gasteiger partial charge in [-0.3, -0.25) is 19.3 Å². The van der Waals surface area contributed by atoms with E-state index in [1.807, 2.05) is 30.3 Å². The monoisotopic (exact) mass is 289 g/mol. The molecule has 1 N–H and O–H groups in total. The van der Waals surface area contributed by atoms with E-state index in [4.69, 9.17) is 5.11 Å². The summed E-state index contributed by atoms with van der Waals surface area (Å²) >= 11 is 0. The molecule has 1 atom stereocenters. The molecule has 5 heteroatoms. The number of carboxylic acids is 1. The van der Waals surface area contributed by atoms with Gasteiger partial charge in [-0.05, 0) is 25.8 Å². The molecule has 0 saturated carbocycles. The number of aliphatic carboxylic acids is 1. The molecular formula is C16H19NO4. The highest BCUT2D eigenvalue weighted by molar-refractivity contribution is 6.06. The van der Waals surface area contributed by atoms with E-state index in [1.165, 1.54) is 4.90 Å². The Morgan fingerprint density at radius 3 is 2.48 bits per heavy atom. The summed E-state index contributed by atoms with van der Waals surface area (Å²) < 4.78 is 0. The van der Waals surface area contributed by atoms with Crippen molar-refractivity contribution >= 4 is 17.8 Å². The third-order valence-corrected chi connectivity index (χ3v) is 3.90. The molecule has 0 aromatic heterocycles. The minimum Gasteiger partial charge on any atom is -0.481 e. The molecule has 0 bridgehead atoms. The van der Waals surface area contributed by atoms with E-state index in [-0.39, 0.29) is 31.1 Å². The molecule has 0 spiro atoms. The second-order valence-corrected chi connectivity index (χ2v) is 5.94. The summed E-state index contributed by atoms with van der Waals surface area (Å²) in [5.41, 5.74) is 0.0446. The number of benzene rings is 1. The first-order chi connectivity index (χ1) is 9.83. The van der Waals surface area contributed by atoms with Crippen molar-refractivity contribution in [1.82, 2.24) is 4.90 Å². The van der Waals surface area contributed by atoms with Gasteiger partial charge in [-0.25, -0.2) is 0 Å². The minimum absolute atomic E-state index is 0.0694. The summed E-state index contributed by atoms with van der Waals surface area (Å²) in [6, 6.07) is 9.21. The van der Waals surface area contributed by atoms with Crippen LogP contribution in [0.2, 0.25) is 0 Å². The molecule has 112 valence electrons. The number of amides is 2. The lowest BCUT2D eigenvalue weighted by Gasteiger charge is -2.34. The maximum Gasteiger partial charge on any atom is 0.303 e. The zero-order valence-corrected chi connectivity index (χ0v) is 12.2. The molecule has 1 aromatic rings. The second kappa shape index (κ2) is 5.68. The van der Waals surface area contributed by atoms with Crippen molar-refractivity contribution in [2.75, 3.05) is 0 Å². The molecule has 1 unspecified atom stereocenters. The van der Waals surface area contributed by atoms with Crippen LogP contribution in [0.5, 0.6) is 0 Å². The molecule has 0 radical (unpaired) electrons. The van der Waals surface area contributed by atoms with E-state index >= 15 is 0 Å². The van der Waals surface area contributed by atoms with Gasteiger partial charge in [0.15, 0.2) is 0 Å². The van der Waals surface area contributed by atoms with Crippen molar-refractivity contribution < 1.29 is 19.5 Å². The fraction of sp³-hybridized carbons (Fsp3) is 0.438. The van der Waals surface area contributed by atoms with Gasteiger partial charge in [-0.15, -0.1) is 0 Å². The summed E-state index contributed by atoms with van der Waals surface area (Å²) in [6.07, 6.45) is 0.334. The van der Waals surface area contributed by atoms with Gasteiger partial charge in [0.25, 0.3) is 0 Å². The molecule has 2 amide bonds. The molecule has 1 saturated heterocycles. The van der Waals surface area contributed by atoms with Gasteiger partial charge in [0.1, 0.15) is 0 Å². The van der Waals surface area contributed by atoms with Crippen LogP contribution in [-0.2, 0) is 14.4 Å². The summed E-state index contributed by atoms with van der Waals surface area (Å²) in [5.74, 6) is -1.85. The summed E-state index contributed by atoms with van der Waals surface area (Å²) in [5, 5.41) is 8.79. The predicted octanol–water partition coefficient (Wildman–Crippen LogP) is 2.17. The van der Waals surface area contributed by atoms with Crippen molar-refractivity contribution in [3.8, 4) is 0 Å². The van der Waals surface area contributed by atoms with E-state index in [1.54, 1.807) is 13.8 Å². The first-order valence-electron chi connectivity index (χ1n) is 6.96. The molecule has 1 fully saturated rings. The Morgan fingerprint density at radius 2 is 1.90 bits per heavy atom. The van der Waals surface area contributed by atoms with Crippen LogP contribution in [0.25, 0.3) is 0 Å². The smallest absolute Gasteiger partial charge is 0.303 e. The second-order valence-electron chi connectivity index (χ2n) is 5.94. The normalized spacial score (nSPS) is 19.1. The number of hydrogen-bond acceptors (Lipinski definition) is 3. The first-order valence-corrected chi connectivity index (χ1v) is 6.96. The van der Waals surface area contributed by atoms with Crippen molar-refractivity contribution in [2.24, 2.45) is 0 Å². The van der Waals surface area contributed by atoms with E-state index in [9.17, 15) is 14.4 Å². The largest absolute Gasteiger partial charge is 0.481 e. The lowest BCUT2D eigenvalue weighted by atomic mass is 9.95. The zero-order chi connectivity index (χ0) is 15.6. The van der Waals surface area contributed by atoms with Gasteiger partial charge in [0, 0.05) is 18.4 Å². The van der Waals surface area contributed by atoms with E-state index in [0.717, 1.165) is 5.56 Å². The lowest BCUT2D eigenvalue weighted by molar-refractivity contribution is -0.147. The average molecular weight is 289 g/mol. The Hall–Kier alpha value is -2.17. The van der Waals surface area contributed by atoms with Crippen LogP contribution in [0, 0.1) is 0 Å². The standard InChI is InChI=1S/C16H19NO4/c1-16(2,9-8-14(19)20)17-13(18)10-12(15(17)21)11-6-4-3-5-7-11/h3-7,12H,8-10H2,1-2H3,(H,19,20). The van der Waals surface area contributed by atoms with E-state index in [0.29, 0.717) is 0 Å². The number of carboxylic acid groups (broad SMARTS) is 1. The SMILES string of the molecule is CC(C)(CCC(=O)O)N1C(=O)CC(c2ccccc2)C1=O. The average Bonchev–Trinajstić information content (AvgIpc) is 2.73. The molecular weight excluding hydrogens is 270 g/mol. The molecule has 5 nitrogen and oxygen atoms in total. The summed E-state index contributed by atoms with van der Waals surface area (Å²) in [4.78, 5) is 36.7. The van der Waals surface area contributed by atoms with Crippen LogP contribution < -0.4 is 0 Å². The fourth-order valence-corrected chi connectivity index (χ4v) is 2.74. The van der Waals surface area contributed by atoms with Crippen LogP contribution in [0.4, 0.5) is 0 Å². The number of nitrogens with zero attached hydrogens (tertiary/aromatic N) is 1. The minimum atomic E-state index is -0.929. The highest BCUT2D eigenvalue weighted by Crippen LogP contribution is 2.35. The van der Waals surface area contributed by atoms with Crippen LogP contribution in [0.1, 0.15) is 44.6 Å². The molecule has 1 aliphatic heterocycles. The van der Waals surface area contributed by atoms with Gasteiger partial charge in [-0.2, -0.15) is 0 Å². The number of carbonyl (C=O) groups excluding carboxylic acids is 2. The Kier molecular flexibility index (Phi) is 4.11. The molecule has 1 aliphatic rings. The number of rotatable bonds is 5. The third kappa shape index (κ3) is 3.12. The van der Waals surface area contributed by atoms with Crippen LogP contribution >= 0.6 is 0 Å². The fourth-order valence-electron chi connectivity index (χ4n) is 2.74. The van der Waals surface area contributed by atoms with Crippen LogP contribution in [-0.4, -0.2) is 33.3 Å². The highest BCUT2D eigenvalue weighted by atomic mass is 16.4. The van der Waals surface area contributed by atoms with Crippen LogP contribution in [0.3, 0.4) is 0 Å². The number of likely N-dealkylation sites (tertiary alicyclic amines) is 1. The molecule has 21 heavy (non-hydrogen) atoms. The van der Waals surface area contributed by atoms with Gasteiger partial charge in [-0.1, -0.05) is 30.3 Å². The van der Waals surface area contributed by atoms with Crippen molar-refractivity contribution in [2.45, 2.75) is 44.6 Å². The Bertz CT molecular complexity index is 565. The first kappa shape index (κ1) is 15.2.